The molecule has 1 aliphatic heterocycles. The Morgan fingerprint density at radius 3 is 3.14 bits per heavy atom. The van der Waals surface area contributed by atoms with Gasteiger partial charge in [-0.15, -0.1) is 0 Å². The van der Waals surface area contributed by atoms with Crippen LogP contribution < -0.4 is 5.32 Å². The molecule has 0 saturated heterocycles. The molecular weight excluding hydrogens is 242 g/mol. The molecule has 1 aromatic rings. The van der Waals surface area contributed by atoms with Crippen molar-refractivity contribution in [3.8, 4) is 0 Å². The average molecular weight is 256 g/mol. The molecule has 76 valence electrons. The molecule has 2 rings (SSSR count). The van der Waals surface area contributed by atoms with E-state index in [9.17, 15) is 0 Å². The molecule has 3 heteroatoms. The molecule has 0 saturated carbocycles. The van der Waals surface area contributed by atoms with Gasteiger partial charge >= 0.3 is 0 Å². The summed E-state index contributed by atoms with van der Waals surface area (Å²) < 4.78 is 1.10. The molecule has 1 unspecified atom stereocenters. The first-order chi connectivity index (χ1) is 6.79. The summed E-state index contributed by atoms with van der Waals surface area (Å²) in [5, 5.41) is 12.3. The third-order valence-corrected chi connectivity index (χ3v) is 3.16. The summed E-state index contributed by atoms with van der Waals surface area (Å²) in [6.07, 6.45) is 3.07. The molecule has 2 N–H and O–H groups in total. The van der Waals surface area contributed by atoms with Crippen molar-refractivity contribution in [2.24, 2.45) is 0 Å². The second-order valence-corrected chi connectivity index (χ2v) is 4.61. The SMILES string of the molecule is OCCC1CCc2ccc(Br)cc2N1. The number of fused-ring (bicyclic) bond motifs is 1. The molecular formula is C11H14BrNO. The van der Waals surface area contributed by atoms with Crippen molar-refractivity contribution in [3.05, 3.63) is 28.2 Å². The lowest BCUT2D eigenvalue weighted by molar-refractivity contribution is 0.276. The van der Waals surface area contributed by atoms with Crippen LogP contribution in [0.3, 0.4) is 0 Å². The molecule has 1 heterocycles. The third kappa shape index (κ3) is 2.10. The van der Waals surface area contributed by atoms with Crippen LogP contribution in [0.1, 0.15) is 18.4 Å². The van der Waals surface area contributed by atoms with Gasteiger partial charge in [0, 0.05) is 22.8 Å². The number of hydrogen-bond donors (Lipinski definition) is 2. The van der Waals surface area contributed by atoms with E-state index < -0.39 is 0 Å². The van der Waals surface area contributed by atoms with Crippen molar-refractivity contribution in [1.29, 1.82) is 0 Å². The van der Waals surface area contributed by atoms with Crippen molar-refractivity contribution < 1.29 is 5.11 Å². The van der Waals surface area contributed by atoms with Gasteiger partial charge in [0.25, 0.3) is 0 Å². The fraction of sp³-hybridized carbons (Fsp3) is 0.455. The highest BCUT2D eigenvalue weighted by molar-refractivity contribution is 9.10. The van der Waals surface area contributed by atoms with Crippen LogP contribution in [-0.2, 0) is 6.42 Å². The molecule has 1 atom stereocenters. The van der Waals surface area contributed by atoms with Gasteiger partial charge in [0.2, 0.25) is 0 Å². The molecule has 0 aromatic heterocycles. The van der Waals surface area contributed by atoms with Crippen molar-refractivity contribution in [1.82, 2.24) is 0 Å². The number of halogens is 1. The van der Waals surface area contributed by atoms with Gasteiger partial charge in [-0.25, -0.2) is 0 Å². The Balaban J connectivity index is 2.16. The van der Waals surface area contributed by atoms with E-state index in [1.54, 1.807) is 0 Å². The quantitative estimate of drug-likeness (QED) is 0.852. The Labute approximate surface area is 92.5 Å². The lowest BCUT2D eigenvalue weighted by Crippen LogP contribution is -2.26. The molecule has 0 amide bonds. The lowest BCUT2D eigenvalue weighted by atomic mass is 9.97. The number of rotatable bonds is 2. The first kappa shape index (κ1) is 9.99. The molecule has 14 heavy (non-hydrogen) atoms. The van der Waals surface area contributed by atoms with Gasteiger partial charge < -0.3 is 10.4 Å². The summed E-state index contributed by atoms with van der Waals surface area (Å²) in [5.74, 6) is 0. The maximum atomic E-state index is 8.87. The van der Waals surface area contributed by atoms with Crippen molar-refractivity contribution in [2.75, 3.05) is 11.9 Å². The summed E-state index contributed by atoms with van der Waals surface area (Å²) in [4.78, 5) is 0. The van der Waals surface area contributed by atoms with Crippen molar-refractivity contribution >= 4 is 21.6 Å². The van der Waals surface area contributed by atoms with Crippen molar-refractivity contribution in [3.63, 3.8) is 0 Å². The van der Waals surface area contributed by atoms with Gasteiger partial charge in [-0.1, -0.05) is 22.0 Å². The van der Waals surface area contributed by atoms with Crippen LogP contribution in [-0.4, -0.2) is 17.8 Å². The van der Waals surface area contributed by atoms with E-state index >= 15 is 0 Å². The summed E-state index contributed by atoms with van der Waals surface area (Å²) in [5.41, 5.74) is 2.59. The predicted molar refractivity (Wildman–Crippen MR) is 61.6 cm³/mol. The summed E-state index contributed by atoms with van der Waals surface area (Å²) >= 11 is 3.46. The second kappa shape index (κ2) is 4.32. The molecule has 0 aliphatic carbocycles. The van der Waals surface area contributed by atoms with Gasteiger partial charge in [-0.2, -0.15) is 0 Å². The minimum absolute atomic E-state index is 0.265. The van der Waals surface area contributed by atoms with Gasteiger partial charge in [-0.05, 0) is 37.0 Å². The van der Waals surface area contributed by atoms with E-state index in [-0.39, 0.29) is 6.61 Å². The van der Waals surface area contributed by atoms with Gasteiger partial charge in [0.1, 0.15) is 0 Å². The fourth-order valence-electron chi connectivity index (χ4n) is 1.90. The van der Waals surface area contributed by atoms with Crippen LogP contribution in [0.2, 0.25) is 0 Å². The van der Waals surface area contributed by atoms with Gasteiger partial charge in [0.05, 0.1) is 0 Å². The summed E-state index contributed by atoms with van der Waals surface area (Å²) in [6, 6.07) is 6.77. The molecule has 0 fully saturated rings. The van der Waals surface area contributed by atoms with Gasteiger partial charge in [0.15, 0.2) is 0 Å². The van der Waals surface area contributed by atoms with E-state index in [0.29, 0.717) is 6.04 Å². The number of benzene rings is 1. The summed E-state index contributed by atoms with van der Waals surface area (Å²) in [6.45, 7) is 0.265. The number of nitrogens with one attached hydrogen (secondary N) is 1. The third-order valence-electron chi connectivity index (χ3n) is 2.67. The molecule has 0 bridgehead atoms. The summed E-state index contributed by atoms with van der Waals surface area (Å²) in [7, 11) is 0. The molecule has 1 aromatic carbocycles. The van der Waals surface area contributed by atoms with Gasteiger partial charge in [-0.3, -0.25) is 0 Å². The zero-order valence-corrected chi connectivity index (χ0v) is 9.55. The van der Waals surface area contributed by atoms with E-state index in [2.05, 4.69) is 39.4 Å². The lowest BCUT2D eigenvalue weighted by Gasteiger charge is -2.26. The normalized spacial score (nSPS) is 20.0. The Bertz CT molecular complexity index is 327. The van der Waals surface area contributed by atoms with Crippen LogP contribution in [0.5, 0.6) is 0 Å². The Morgan fingerprint density at radius 1 is 1.50 bits per heavy atom. The minimum Gasteiger partial charge on any atom is -0.396 e. The average Bonchev–Trinajstić information content (AvgIpc) is 2.17. The minimum atomic E-state index is 0.265. The maximum Gasteiger partial charge on any atom is 0.0450 e. The standard InChI is InChI=1S/C11H14BrNO/c12-9-3-1-8-2-4-10(5-6-14)13-11(8)7-9/h1,3,7,10,13-14H,2,4-6H2. The molecule has 0 radical (unpaired) electrons. The molecule has 2 nitrogen and oxygen atoms in total. The zero-order chi connectivity index (χ0) is 9.97. The molecule has 1 aliphatic rings. The number of hydrogen-bond acceptors (Lipinski definition) is 2. The highest BCUT2D eigenvalue weighted by Gasteiger charge is 2.16. The van der Waals surface area contributed by atoms with Crippen molar-refractivity contribution in [2.45, 2.75) is 25.3 Å². The monoisotopic (exact) mass is 255 g/mol. The first-order valence-electron chi connectivity index (χ1n) is 4.95. The smallest absolute Gasteiger partial charge is 0.0450 e. The second-order valence-electron chi connectivity index (χ2n) is 3.69. The Hall–Kier alpha value is -0.540. The number of aliphatic hydroxyl groups excluding tert-OH is 1. The predicted octanol–water partition coefficient (Wildman–Crippen LogP) is 2.56. The van der Waals surface area contributed by atoms with E-state index in [1.807, 2.05) is 0 Å². The van der Waals surface area contributed by atoms with Crippen LogP contribution in [0.15, 0.2) is 22.7 Å². The van der Waals surface area contributed by atoms with Crippen LogP contribution in [0.25, 0.3) is 0 Å². The van der Waals surface area contributed by atoms with E-state index in [4.69, 9.17) is 5.11 Å². The number of aliphatic hydroxyl groups is 1. The van der Waals surface area contributed by atoms with Crippen LogP contribution in [0, 0.1) is 0 Å². The topological polar surface area (TPSA) is 32.3 Å². The first-order valence-corrected chi connectivity index (χ1v) is 5.74. The number of anilines is 1. The maximum absolute atomic E-state index is 8.87. The van der Waals surface area contributed by atoms with Crippen LogP contribution >= 0.6 is 15.9 Å². The van der Waals surface area contributed by atoms with E-state index in [0.717, 1.165) is 23.7 Å². The fourth-order valence-corrected chi connectivity index (χ4v) is 2.26. The Kier molecular flexibility index (Phi) is 3.08. The highest BCUT2D eigenvalue weighted by Crippen LogP contribution is 2.28. The highest BCUT2D eigenvalue weighted by atomic mass is 79.9. The zero-order valence-electron chi connectivity index (χ0n) is 7.96. The largest absolute Gasteiger partial charge is 0.396 e. The molecule has 0 spiro atoms. The van der Waals surface area contributed by atoms with Crippen LogP contribution in [0.4, 0.5) is 5.69 Å². The Morgan fingerprint density at radius 2 is 2.36 bits per heavy atom. The number of aryl methyl sites for hydroxylation is 1. The van der Waals surface area contributed by atoms with E-state index in [1.165, 1.54) is 11.3 Å².